The minimum atomic E-state index is -0.0675. The highest BCUT2D eigenvalue weighted by Crippen LogP contribution is 2.17. The molecule has 0 aliphatic heterocycles. The van der Waals surface area contributed by atoms with Gasteiger partial charge in [-0.15, -0.1) is 0 Å². The maximum atomic E-state index is 12.3. The molecule has 0 radical (unpaired) electrons. The van der Waals surface area contributed by atoms with Crippen LogP contribution in [-0.4, -0.2) is 29.8 Å². The van der Waals surface area contributed by atoms with Crippen LogP contribution in [0, 0.1) is 0 Å². The molecule has 0 fully saturated rings. The van der Waals surface area contributed by atoms with Gasteiger partial charge in [-0.3, -0.25) is 9.36 Å². The Kier molecular flexibility index (Phi) is 4.75. The zero-order valence-corrected chi connectivity index (χ0v) is 12.6. The van der Waals surface area contributed by atoms with E-state index >= 15 is 0 Å². The van der Waals surface area contributed by atoms with Crippen LogP contribution in [-0.2, 0) is 11.8 Å². The number of hydrogen-bond donors (Lipinski definition) is 1. The summed E-state index contributed by atoms with van der Waals surface area (Å²) in [6, 6.07) is 5.07. The minimum absolute atomic E-state index is 0.0498. The van der Waals surface area contributed by atoms with Crippen molar-refractivity contribution in [2.75, 3.05) is 20.3 Å². The molecule has 1 unspecified atom stereocenters. The Balaban J connectivity index is 2.43. The number of aromatic nitrogens is 2. The van der Waals surface area contributed by atoms with Crippen molar-refractivity contribution in [2.24, 2.45) is 7.05 Å². The summed E-state index contributed by atoms with van der Waals surface area (Å²) in [6.07, 6.45) is 0. The lowest BCUT2D eigenvalue weighted by Crippen LogP contribution is -2.30. The molecule has 20 heavy (non-hydrogen) atoms. The van der Waals surface area contributed by atoms with Gasteiger partial charge in [0.05, 0.1) is 23.6 Å². The van der Waals surface area contributed by atoms with Gasteiger partial charge in [-0.25, -0.2) is 4.98 Å². The second-order valence-corrected chi connectivity index (χ2v) is 5.10. The first-order valence-corrected chi connectivity index (χ1v) is 6.81. The molecule has 1 aromatic heterocycles. The summed E-state index contributed by atoms with van der Waals surface area (Å²) in [5.74, 6) is 0.681. The van der Waals surface area contributed by atoms with Crippen molar-refractivity contribution in [3.05, 3.63) is 39.4 Å². The molecule has 1 aromatic carbocycles. The Hall–Kier alpha value is -1.43. The van der Waals surface area contributed by atoms with Gasteiger partial charge < -0.3 is 10.1 Å². The van der Waals surface area contributed by atoms with E-state index in [0.717, 1.165) is 0 Å². The predicted octanol–water partition coefficient (Wildman–Crippen LogP) is 1.88. The maximum Gasteiger partial charge on any atom is 0.261 e. The molecule has 1 heterocycles. The molecule has 0 spiro atoms. The maximum absolute atomic E-state index is 12.3. The molecule has 0 saturated heterocycles. The van der Waals surface area contributed by atoms with Gasteiger partial charge >= 0.3 is 0 Å². The molecule has 0 aliphatic rings. The summed E-state index contributed by atoms with van der Waals surface area (Å²) in [6.45, 7) is 3.27. The Morgan fingerprint density at radius 3 is 2.95 bits per heavy atom. The number of benzene rings is 1. The van der Waals surface area contributed by atoms with Gasteiger partial charge in [0.1, 0.15) is 5.82 Å². The zero-order chi connectivity index (χ0) is 14.7. The monoisotopic (exact) mass is 295 g/mol. The number of hydrogen-bond acceptors (Lipinski definition) is 4. The molecule has 0 bridgehead atoms. The standard InChI is InChI=1S/C14H18ClN3O2/c1-9(16-6-7-20-3)13-17-12-8-10(15)4-5-11(12)14(19)18(13)2/h4-5,8-9,16H,6-7H2,1-3H3. The van der Waals surface area contributed by atoms with E-state index in [1.165, 1.54) is 0 Å². The van der Waals surface area contributed by atoms with Crippen LogP contribution in [0.2, 0.25) is 5.02 Å². The molecule has 2 aromatic rings. The summed E-state index contributed by atoms with van der Waals surface area (Å²) < 4.78 is 6.57. The second-order valence-electron chi connectivity index (χ2n) is 4.66. The molecule has 0 amide bonds. The van der Waals surface area contributed by atoms with E-state index in [-0.39, 0.29) is 11.6 Å². The number of rotatable bonds is 5. The summed E-state index contributed by atoms with van der Waals surface area (Å²) >= 11 is 5.96. The molecule has 1 atom stereocenters. The van der Waals surface area contributed by atoms with E-state index in [1.807, 2.05) is 6.92 Å². The number of nitrogens with one attached hydrogen (secondary N) is 1. The average molecular weight is 296 g/mol. The van der Waals surface area contributed by atoms with Crippen LogP contribution in [0.15, 0.2) is 23.0 Å². The smallest absolute Gasteiger partial charge is 0.261 e. The molecular formula is C14H18ClN3O2. The largest absolute Gasteiger partial charge is 0.383 e. The first-order valence-electron chi connectivity index (χ1n) is 6.43. The number of ether oxygens (including phenoxy) is 1. The average Bonchev–Trinajstić information content (AvgIpc) is 2.42. The van der Waals surface area contributed by atoms with Crippen LogP contribution >= 0.6 is 11.6 Å². The van der Waals surface area contributed by atoms with E-state index in [9.17, 15) is 4.79 Å². The van der Waals surface area contributed by atoms with Crippen molar-refractivity contribution in [3.63, 3.8) is 0 Å². The fraction of sp³-hybridized carbons (Fsp3) is 0.429. The second kappa shape index (κ2) is 6.35. The lowest BCUT2D eigenvalue weighted by atomic mass is 10.2. The summed E-state index contributed by atoms with van der Waals surface area (Å²) in [7, 11) is 3.38. The Labute approximate surface area is 122 Å². The van der Waals surface area contributed by atoms with Gasteiger partial charge in [0.2, 0.25) is 0 Å². The lowest BCUT2D eigenvalue weighted by molar-refractivity contribution is 0.196. The van der Waals surface area contributed by atoms with Crippen molar-refractivity contribution in [3.8, 4) is 0 Å². The van der Waals surface area contributed by atoms with Crippen molar-refractivity contribution in [1.29, 1.82) is 0 Å². The van der Waals surface area contributed by atoms with Crippen molar-refractivity contribution >= 4 is 22.5 Å². The zero-order valence-electron chi connectivity index (χ0n) is 11.8. The molecule has 2 rings (SSSR count). The van der Waals surface area contributed by atoms with E-state index in [4.69, 9.17) is 16.3 Å². The Bertz CT molecular complexity index is 669. The lowest BCUT2D eigenvalue weighted by Gasteiger charge is -2.17. The molecule has 6 heteroatoms. The molecule has 0 aliphatic carbocycles. The molecule has 5 nitrogen and oxygen atoms in total. The third kappa shape index (κ3) is 3.00. The molecular weight excluding hydrogens is 278 g/mol. The summed E-state index contributed by atoms with van der Waals surface area (Å²) in [5.41, 5.74) is 0.554. The summed E-state index contributed by atoms with van der Waals surface area (Å²) in [5, 5.41) is 4.41. The van der Waals surface area contributed by atoms with Gasteiger partial charge in [-0.05, 0) is 25.1 Å². The van der Waals surface area contributed by atoms with Crippen LogP contribution < -0.4 is 10.9 Å². The van der Waals surface area contributed by atoms with Crippen LogP contribution in [0.3, 0.4) is 0 Å². The van der Waals surface area contributed by atoms with Gasteiger partial charge in [-0.2, -0.15) is 0 Å². The van der Waals surface area contributed by atoms with Crippen LogP contribution in [0.25, 0.3) is 10.9 Å². The van der Waals surface area contributed by atoms with Crippen LogP contribution in [0.4, 0.5) is 0 Å². The molecule has 1 N–H and O–H groups in total. The van der Waals surface area contributed by atoms with Gasteiger partial charge in [0.15, 0.2) is 0 Å². The predicted molar refractivity (Wildman–Crippen MR) is 80.3 cm³/mol. The van der Waals surface area contributed by atoms with Crippen molar-refractivity contribution in [1.82, 2.24) is 14.9 Å². The van der Waals surface area contributed by atoms with E-state index in [0.29, 0.717) is 34.9 Å². The van der Waals surface area contributed by atoms with E-state index in [2.05, 4.69) is 10.3 Å². The number of methoxy groups -OCH3 is 1. The molecule has 108 valence electrons. The molecule has 0 saturated carbocycles. The highest BCUT2D eigenvalue weighted by atomic mass is 35.5. The summed E-state index contributed by atoms with van der Waals surface area (Å²) in [4.78, 5) is 16.9. The minimum Gasteiger partial charge on any atom is -0.383 e. The quantitative estimate of drug-likeness (QED) is 0.856. The Morgan fingerprint density at radius 1 is 1.50 bits per heavy atom. The first-order chi connectivity index (χ1) is 9.54. The topological polar surface area (TPSA) is 56.1 Å². The normalized spacial score (nSPS) is 12.8. The van der Waals surface area contributed by atoms with Crippen molar-refractivity contribution < 1.29 is 4.74 Å². The highest BCUT2D eigenvalue weighted by Gasteiger charge is 2.14. The fourth-order valence-electron chi connectivity index (χ4n) is 2.12. The Morgan fingerprint density at radius 2 is 2.25 bits per heavy atom. The highest BCUT2D eigenvalue weighted by molar-refractivity contribution is 6.31. The van der Waals surface area contributed by atoms with Crippen LogP contribution in [0.5, 0.6) is 0 Å². The SMILES string of the molecule is COCCNC(C)c1nc2cc(Cl)ccc2c(=O)n1C. The van der Waals surface area contributed by atoms with Crippen molar-refractivity contribution in [2.45, 2.75) is 13.0 Å². The third-order valence-electron chi connectivity index (χ3n) is 3.22. The van der Waals surface area contributed by atoms with E-state index in [1.54, 1.807) is 36.9 Å². The number of fused-ring (bicyclic) bond motifs is 1. The third-order valence-corrected chi connectivity index (χ3v) is 3.45. The van der Waals surface area contributed by atoms with Gasteiger partial charge in [0.25, 0.3) is 5.56 Å². The van der Waals surface area contributed by atoms with Gasteiger partial charge in [0, 0.05) is 25.7 Å². The number of halogens is 1. The fourth-order valence-corrected chi connectivity index (χ4v) is 2.28. The number of nitrogens with zero attached hydrogens (tertiary/aromatic N) is 2. The first kappa shape index (κ1) is 15.0. The van der Waals surface area contributed by atoms with E-state index < -0.39 is 0 Å². The van der Waals surface area contributed by atoms with Crippen LogP contribution in [0.1, 0.15) is 18.8 Å². The van der Waals surface area contributed by atoms with Gasteiger partial charge in [-0.1, -0.05) is 11.6 Å².